The van der Waals surface area contributed by atoms with Gasteiger partial charge in [0.05, 0.1) is 18.8 Å². The first-order valence-corrected chi connectivity index (χ1v) is 7.21. The van der Waals surface area contributed by atoms with E-state index in [-0.39, 0.29) is 6.04 Å². The van der Waals surface area contributed by atoms with Gasteiger partial charge in [-0.05, 0) is 44.2 Å². The van der Waals surface area contributed by atoms with Gasteiger partial charge in [0.1, 0.15) is 11.5 Å². The van der Waals surface area contributed by atoms with Crippen molar-refractivity contribution < 1.29 is 9.47 Å². The molecule has 1 saturated carbocycles. The fraction of sp³-hybridized carbons (Fsp3) is 0.625. The lowest BCUT2D eigenvalue weighted by Gasteiger charge is -2.29. The van der Waals surface area contributed by atoms with Crippen LogP contribution in [-0.2, 0) is 0 Å². The van der Waals surface area contributed by atoms with E-state index in [1.807, 2.05) is 25.1 Å². The molecule has 0 bridgehead atoms. The van der Waals surface area contributed by atoms with Gasteiger partial charge in [-0.3, -0.25) is 0 Å². The minimum atomic E-state index is -0.0906. The SMILES string of the molecule is COc1cccc(OC2CCCC(C)C2)c1[C@H](C)N. The van der Waals surface area contributed by atoms with Crippen LogP contribution in [0.25, 0.3) is 0 Å². The maximum atomic E-state index is 6.20. The fourth-order valence-corrected chi connectivity index (χ4v) is 2.92. The first kappa shape index (κ1) is 14.2. The van der Waals surface area contributed by atoms with Crippen LogP contribution < -0.4 is 15.2 Å². The summed E-state index contributed by atoms with van der Waals surface area (Å²) in [6.45, 7) is 4.27. The summed E-state index contributed by atoms with van der Waals surface area (Å²) in [4.78, 5) is 0. The standard InChI is InChI=1S/C16H25NO2/c1-11-6-4-7-13(10-11)19-15-9-5-8-14(18-3)16(15)12(2)17/h5,8-9,11-13H,4,6-7,10,17H2,1-3H3/t11?,12-,13?/m0/s1. The minimum Gasteiger partial charge on any atom is -0.496 e. The Morgan fingerprint density at radius 3 is 2.63 bits per heavy atom. The molecule has 0 saturated heterocycles. The Bertz CT molecular complexity index is 417. The van der Waals surface area contributed by atoms with Gasteiger partial charge < -0.3 is 15.2 Å². The molecule has 0 heterocycles. The second-order valence-corrected chi connectivity index (χ2v) is 5.67. The molecule has 1 aromatic rings. The summed E-state index contributed by atoms with van der Waals surface area (Å²) in [6, 6.07) is 5.81. The molecule has 0 radical (unpaired) electrons. The molecule has 0 aliphatic heterocycles. The van der Waals surface area contributed by atoms with Gasteiger partial charge in [-0.1, -0.05) is 19.4 Å². The molecule has 3 atom stereocenters. The Balaban J connectivity index is 2.19. The van der Waals surface area contributed by atoms with E-state index in [1.54, 1.807) is 7.11 Å². The summed E-state index contributed by atoms with van der Waals surface area (Å²) in [5.41, 5.74) is 7.04. The van der Waals surface area contributed by atoms with E-state index < -0.39 is 0 Å². The second-order valence-electron chi connectivity index (χ2n) is 5.67. The number of hydrogen-bond acceptors (Lipinski definition) is 3. The molecule has 1 aliphatic rings. The van der Waals surface area contributed by atoms with Crippen LogP contribution in [0.2, 0.25) is 0 Å². The number of nitrogens with two attached hydrogens (primary N) is 1. The Morgan fingerprint density at radius 2 is 2.00 bits per heavy atom. The first-order chi connectivity index (χ1) is 9.11. The van der Waals surface area contributed by atoms with E-state index in [1.165, 1.54) is 12.8 Å². The molecule has 19 heavy (non-hydrogen) atoms. The van der Waals surface area contributed by atoms with E-state index in [0.29, 0.717) is 6.10 Å². The zero-order valence-electron chi connectivity index (χ0n) is 12.2. The largest absolute Gasteiger partial charge is 0.496 e. The highest BCUT2D eigenvalue weighted by molar-refractivity contribution is 5.46. The summed E-state index contributed by atoms with van der Waals surface area (Å²) in [5, 5.41) is 0. The molecule has 0 aromatic heterocycles. The van der Waals surface area contributed by atoms with Crippen molar-refractivity contribution >= 4 is 0 Å². The monoisotopic (exact) mass is 263 g/mol. The van der Waals surface area contributed by atoms with Crippen LogP contribution in [0.1, 0.15) is 51.1 Å². The van der Waals surface area contributed by atoms with Crippen LogP contribution in [0.3, 0.4) is 0 Å². The second kappa shape index (κ2) is 6.29. The van der Waals surface area contributed by atoms with Crippen molar-refractivity contribution in [3.8, 4) is 11.5 Å². The van der Waals surface area contributed by atoms with Crippen LogP contribution in [0.15, 0.2) is 18.2 Å². The fourth-order valence-electron chi connectivity index (χ4n) is 2.92. The predicted octanol–water partition coefficient (Wildman–Crippen LogP) is 3.67. The quantitative estimate of drug-likeness (QED) is 0.901. The highest BCUT2D eigenvalue weighted by Gasteiger charge is 2.22. The van der Waals surface area contributed by atoms with Crippen molar-refractivity contribution in [2.45, 2.75) is 51.7 Å². The van der Waals surface area contributed by atoms with Gasteiger partial charge in [-0.15, -0.1) is 0 Å². The molecule has 2 rings (SSSR count). The highest BCUT2D eigenvalue weighted by atomic mass is 16.5. The highest BCUT2D eigenvalue weighted by Crippen LogP contribution is 2.35. The molecular formula is C16H25NO2. The summed E-state index contributed by atoms with van der Waals surface area (Å²) < 4.78 is 11.6. The lowest BCUT2D eigenvalue weighted by molar-refractivity contribution is 0.127. The Morgan fingerprint density at radius 1 is 1.26 bits per heavy atom. The van der Waals surface area contributed by atoms with Gasteiger partial charge in [0, 0.05) is 6.04 Å². The van der Waals surface area contributed by atoms with Crippen molar-refractivity contribution in [3.63, 3.8) is 0 Å². The van der Waals surface area contributed by atoms with Gasteiger partial charge >= 0.3 is 0 Å². The van der Waals surface area contributed by atoms with Crippen LogP contribution in [0.4, 0.5) is 0 Å². The minimum absolute atomic E-state index is 0.0906. The molecule has 1 aromatic carbocycles. The molecular weight excluding hydrogens is 238 g/mol. The van der Waals surface area contributed by atoms with Crippen molar-refractivity contribution in [2.24, 2.45) is 11.7 Å². The Hall–Kier alpha value is -1.22. The Labute approximate surface area is 116 Å². The van der Waals surface area contributed by atoms with Crippen LogP contribution >= 0.6 is 0 Å². The Kier molecular flexibility index (Phi) is 4.70. The van der Waals surface area contributed by atoms with Gasteiger partial charge in [-0.2, -0.15) is 0 Å². The molecule has 2 unspecified atom stereocenters. The van der Waals surface area contributed by atoms with Gasteiger partial charge in [0.25, 0.3) is 0 Å². The van der Waals surface area contributed by atoms with Crippen molar-refractivity contribution in [1.29, 1.82) is 0 Å². The van der Waals surface area contributed by atoms with Gasteiger partial charge in [-0.25, -0.2) is 0 Å². The van der Waals surface area contributed by atoms with Crippen molar-refractivity contribution in [3.05, 3.63) is 23.8 Å². The molecule has 1 fully saturated rings. The molecule has 3 nitrogen and oxygen atoms in total. The summed E-state index contributed by atoms with van der Waals surface area (Å²) in [5.74, 6) is 2.45. The number of ether oxygens (including phenoxy) is 2. The van der Waals surface area contributed by atoms with Crippen LogP contribution in [0.5, 0.6) is 11.5 Å². The molecule has 3 heteroatoms. The number of hydrogen-bond donors (Lipinski definition) is 1. The number of methoxy groups -OCH3 is 1. The first-order valence-electron chi connectivity index (χ1n) is 7.21. The van der Waals surface area contributed by atoms with E-state index in [9.17, 15) is 0 Å². The normalized spacial score (nSPS) is 24.8. The van der Waals surface area contributed by atoms with Crippen molar-refractivity contribution in [2.75, 3.05) is 7.11 Å². The van der Waals surface area contributed by atoms with E-state index in [4.69, 9.17) is 15.2 Å². The zero-order valence-corrected chi connectivity index (χ0v) is 12.2. The van der Waals surface area contributed by atoms with Gasteiger partial charge in [0.2, 0.25) is 0 Å². The predicted molar refractivity (Wildman–Crippen MR) is 77.6 cm³/mol. The van der Waals surface area contributed by atoms with Crippen molar-refractivity contribution in [1.82, 2.24) is 0 Å². The third kappa shape index (κ3) is 3.41. The zero-order chi connectivity index (χ0) is 13.8. The lowest BCUT2D eigenvalue weighted by Crippen LogP contribution is -2.25. The number of rotatable bonds is 4. The average molecular weight is 263 g/mol. The smallest absolute Gasteiger partial charge is 0.128 e. The third-order valence-electron chi connectivity index (χ3n) is 3.88. The summed E-state index contributed by atoms with van der Waals surface area (Å²) in [6.07, 6.45) is 5.16. The maximum Gasteiger partial charge on any atom is 0.128 e. The van der Waals surface area contributed by atoms with E-state index >= 15 is 0 Å². The molecule has 1 aliphatic carbocycles. The molecule has 0 amide bonds. The van der Waals surface area contributed by atoms with Crippen LogP contribution in [0, 0.1) is 5.92 Å². The summed E-state index contributed by atoms with van der Waals surface area (Å²) >= 11 is 0. The molecule has 2 N–H and O–H groups in total. The molecule has 106 valence electrons. The van der Waals surface area contributed by atoms with Gasteiger partial charge in [0.15, 0.2) is 0 Å². The maximum absolute atomic E-state index is 6.20. The topological polar surface area (TPSA) is 44.5 Å². The molecule has 0 spiro atoms. The third-order valence-corrected chi connectivity index (χ3v) is 3.88. The summed E-state index contributed by atoms with van der Waals surface area (Å²) in [7, 11) is 1.67. The van der Waals surface area contributed by atoms with Crippen LogP contribution in [-0.4, -0.2) is 13.2 Å². The van der Waals surface area contributed by atoms with E-state index in [2.05, 4.69) is 6.92 Å². The number of benzene rings is 1. The van der Waals surface area contributed by atoms with E-state index in [0.717, 1.165) is 35.8 Å². The average Bonchev–Trinajstić information content (AvgIpc) is 2.38. The lowest BCUT2D eigenvalue weighted by atomic mass is 9.88.